The number of quaternary nitrogens is 1. The molecule has 0 saturated heterocycles. The normalized spacial score (nSPS) is 11.4. The second-order valence-corrected chi connectivity index (χ2v) is 7.47. The number of anilines is 1. The molecule has 0 radical (unpaired) electrons. The molecule has 0 bridgehead atoms. The van der Waals surface area contributed by atoms with Gasteiger partial charge in [0.25, 0.3) is 5.91 Å². The number of likely N-dealkylation sites (N-methyl/N-ethyl adjacent to an activating group) is 1. The van der Waals surface area contributed by atoms with E-state index in [1.54, 1.807) is 0 Å². The van der Waals surface area contributed by atoms with Gasteiger partial charge in [-0.3, -0.25) is 4.79 Å². The fourth-order valence-corrected chi connectivity index (χ4v) is 3.48. The van der Waals surface area contributed by atoms with Crippen molar-refractivity contribution in [3.8, 4) is 5.75 Å². The van der Waals surface area contributed by atoms with Crippen molar-refractivity contribution in [1.29, 1.82) is 0 Å². The summed E-state index contributed by atoms with van der Waals surface area (Å²) in [5.41, 5.74) is 3.01. The quantitative estimate of drug-likeness (QED) is 0.325. The van der Waals surface area contributed by atoms with Gasteiger partial charge in [0.2, 0.25) is 0 Å². The fourth-order valence-electron chi connectivity index (χ4n) is 3.08. The standard InChI is InChI=1S/C20H33BrN2O2/c1-6-23(7-2,8-3)15-19(24)22-20-16(4)13-18(14-17(20)5)25-12-10-9-11-21/h13-14H,6-12,15H2,1-5H3/p+1. The van der Waals surface area contributed by atoms with Crippen molar-refractivity contribution in [2.45, 2.75) is 47.5 Å². The van der Waals surface area contributed by atoms with Gasteiger partial charge in [0.15, 0.2) is 6.54 Å². The molecular formula is C20H34BrN2O2+. The van der Waals surface area contributed by atoms with E-state index in [0.717, 1.165) is 71.5 Å². The Balaban J connectivity index is 2.77. The molecule has 4 nitrogen and oxygen atoms in total. The lowest BCUT2D eigenvalue weighted by Crippen LogP contribution is -2.52. The van der Waals surface area contributed by atoms with Crippen LogP contribution >= 0.6 is 15.9 Å². The highest BCUT2D eigenvalue weighted by atomic mass is 79.9. The van der Waals surface area contributed by atoms with E-state index in [1.165, 1.54) is 0 Å². The number of benzene rings is 1. The molecule has 5 heteroatoms. The van der Waals surface area contributed by atoms with Crippen molar-refractivity contribution in [3.63, 3.8) is 0 Å². The summed E-state index contributed by atoms with van der Waals surface area (Å²) in [6, 6.07) is 4.02. The highest BCUT2D eigenvalue weighted by Crippen LogP contribution is 2.26. The molecule has 1 amide bonds. The molecule has 0 unspecified atom stereocenters. The zero-order chi connectivity index (χ0) is 18.9. The van der Waals surface area contributed by atoms with Crippen LogP contribution in [-0.4, -0.2) is 48.5 Å². The van der Waals surface area contributed by atoms with Gasteiger partial charge in [0.05, 0.1) is 26.2 Å². The number of nitrogens with one attached hydrogen (secondary N) is 1. The maximum atomic E-state index is 12.6. The largest absolute Gasteiger partial charge is 0.494 e. The molecule has 0 heterocycles. The number of alkyl halides is 1. The van der Waals surface area contributed by atoms with Crippen molar-refractivity contribution in [2.24, 2.45) is 0 Å². The molecular weight excluding hydrogens is 380 g/mol. The number of carbonyl (C=O) groups excluding carboxylic acids is 1. The highest BCUT2D eigenvalue weighted by molar-refractivity contribution is 9.09. The summed E-state index contributed by atoms with van der Waals surface area (Å²) in [7, 11) is 0. The number of unbranched alkanes of at least 4 members (excludes halogenated alkanes) is 1. The summed E-state index contributed by atoms with van der Waals surface area (Å²) in [5.74, 6) is 0.964. The average molecular weight is 414 g/mol. The zero-order valence-electron chi connectivity index (χ0n) is 16.5. The third kappa shape index (κ3) is 6.63. The van der Waals surface area contributed by atoms with Crippen molar-refractivity contribution in [1.82, 2.24) is 0 Å². The van der Waals surface area contributed by atoms with E-state index >= 15 is 0 Å². The SMILES string of the molecule is CC[N+](CC)(CC)CC(=O)Nc1c(C)cc(OCCCCBr)cc1C. The van der Waals surface area contributed by atoms with Crippen LogP contribution in [0.15, 0.2) is 12.1 Å². The summed E-state index contributed by atoms with van der Waals surface area (Å²) in [4.78, 5) is 12.6. The van der Waals surface area contributed by atoms with Gasteiger partial charge in [0, 0.05) is 11.0 Å². The highest BCUT2D eigenvalue weighted by Gasteiger charge is 2.25. The Morgan fingerprint density at radius 1 is 1.08 bits per heavy atom. The molecule has 0 aromatic heterocycles. The molecule has 1 rings (SSSR count). The lowest BCUT2D eigenvalue weighted by molar-refractivity contribution is -0.915. The smallest absolute Gasteiger partial charge is 0.279 e. The van der Waals surface area contributed by atoms with Gasteiger partial charge in [-0.15, -0.1) is 0 Å². The van der Waals surface area contributed by atoms with E-state index in [0.29, 0.717) is 6.54 Å². The van der Waals surface area contributed by atoms with Gasteiger partial charge < -0.3 is 14.5 Å². The molecule has 0 fully saturated rings. The van der Waals surface area contributed by atoms with E-state index in [2.05, 4.69) is 42.0 Å². The number of hydrogen-bond acceptors (Lipinski definition) is 2. The van der Waals surface area contributed by atoms with Gasteiger partial charge in [-0.25, -0.2) is 0 Å². The van der Waals surface area contributed by atoms with Gasteiger partial charge in [-0.05, 0) is 70.7 Å². The molecule has 142 valence electrons. The Bertz CT molecular complexity index is 525. The lowest BCUT2D eigenvalue weighted by Gasteiger charge is -2.35. The monoisotopic (exact) mass is 413 g/mol. The average Bonchev–Trinajstić information content (AvgIpc) is 2.60. The Morgan fingerprint density at radius 3 is 2.12 bits per heavy atom. The number of rotatable bonds is 11. The second kappa shape index (κ2) is 10.8. The summed E-state index contributed by atoms with van der Waals surface area (Å²) in [5, 5.41) is 4.13. The van der Waals surface area contributed by atoms with Gasteiger partial charge in [-0.2, -0.15) is 0 Å². The van der Waals surface area contributed by atoms with Crippen LogP contribution in [-0.2, 0) is 4.79 Å². The summed E-state index contributed by atoms with van der Waals surface area (Å²) < 4.78 is 6.64. The maximum absolute atomic E-state index is 12.6. The summed E-state index contributed by atoms with van der Waals surface area (Å²) >= 11 is 3.43. The summed E-state index contributed by atoms with van der Waals surface area (Å²) in [6.45, 7) is 14.7. The minimum absolute atomic E-state index is 0.0859. The molecule has 1 aromatic carbocycles. The van der Waals surface area contributed by atoms with Crippen LogP contribution < -0.4 is 10.1 Å². The van der Waals surface area contributed by atoms with Crippen molar-refractivity contribution in [3.05, 3.63) is 23.3 Å². The predicted octanol–water partition coefficient (Wildman–Crippen LogP) is 4.67. The van der Waals surface area contributed by atoms with E-state index in [9.17, 15) is 4.79 Å². The van der Waals surface area contributed by atoms with Gasteiger partial charge >= 0.3 is 0 Å². The Hall–Kier alpha value is -1.07. The van der Waals surface area contributed by atoms with Crippen molar-refractivity contribution < 1.29 is 14.0 Å². The molecule has 0 saturated carbocycles. The van der Waals surface area contributed by atoms with E-state index in [1.807, 2.05) is 26.0 Å². The van der Waals surface area contributed by atoms with Crippen molar-refractivity contribution >= 4 is 27.5 Å². The Kier molecular flexibility index (Phi) is 9.51. The zero-order valence-corrected chi connectivity index (χ0v) is 18.0. The first-order valence-corrected chi connectivity index (χ1v) is 10.5. The van der Waals surface area contributed by atoms with E-state index in [-0.39, 0.29) is 5.91 Å². The fraction of sp³-hybridized carbons (Fsp3) is 0.650. The van der Waals surface area contributed by atoms with E-state index in [4.69, 9.17) is 4.74 Å². The summed E-state index contributed by atoms with van der Waals surface area (Å²) in [6.07, 6.45) is 2.14. The Labute approximate surface area is 161 Å². The van der Waals surface area contributed by atoms with Crippen LogP contribution in [0.25, 0.3) is 0 Å². The van der Waals surface area contributed by atoms with Crippen LogP contribution in [0.1, 0.15) is 44.7 Å². The van der Waals surface area contributed by atoms with Gasteiger partial charge in [-0.1, -0.05) is 15.9 Å². The third-order valence-corrected chi connectivity index (χ3v) is 5.62. The number of amides is 1. The van der Waals surface area contributed by atoms with Crippen LogP contribution in [0, 0.1) is 13.8 Å². The van der Waals surface area contributed by atoms with Crippen molar-refractivity contribution in [2.75, 3.05) is 43.4 Å². The number of nitrogens with zero attached hydrogens (tertiary/aromatic N) is 1. The number of aryl methyl sites for hydroxylation is 2. The lowest BCUT2D eigenvalue weighted by atomic mass is 10.1. The number of carbonyl (C=O) groups is 1. The van der Waals surface area contributed by atoms with E-state index < -0.39 is 0 Å². The topological polar surface area (TPSA) is 38.3 Å². The van der Waals surface area contributed by atoms with Crippen LogP contribution in [0.4, 0.5) is 5.69 Å². The first-order chi connectivity index (χ1) is 11.9. The molecule has 1 aromatic rings. The minimum atomic E-state index is 0.0859. The number of hydrogen-bond donors (Lipinski definition) is 1. The molecule has 0 aliphatic rings. The van der Waals surface area contributed by atoms with Crippen LogP contribution in [0.5, 0.6) is 5.75 Å². The first kappa shape index (κ1) is 22.0. The molecule has 1 N–H and O–H groups in total. The molecule has 0 aliphatic heterocycles. The molecule has 0 spiro atoms. The van der Waals surface area contributed by atoms with Gasteiger partial charge in [0.1, 0.15) is 5.75 Å². The van der Waals surface area contributed by atoms with Crippen LogP contribution in [0.2, 0.25) is 0 Å². The first-order valence-electron chi connectivity index (χ1n) is 9.36. The third-order valence-electron chi connectivity index (χ3n) is 5.06. The second-order valence-electron chi connectivity index (χ2n) is 6.67. The van der Waals surface area contributed by atoms with Crippen LogP contribution in [0.3, 0.4) is 0 Å². The maximum Gasteiger partial charge on any atom is 0.279 e. The molecule has 25 heavy (non-hydrogen) atoms. The molecule has 0 atom stereocenters. The number of halogens is 1. The Morgan fingerprint density at radius 2 is 1.64 bits per heavy atom. The predicted molar refractivity (Wildman–Crippen MR) is 110 cm³/mol. The number of ether oxygens (including phenoxy) is 1. The molecule has 0 aliphatic carbocycles. The minimum Gasteiger partial charge on any atom is -0.494 e.